The van der Waals surface area contributed by atoms with Crippen LogP contribution in [0, 0.1) is 20.8 Å². The first-order valence-corrected chi connectivity index (χ1v) is 12.7. The first-order valence-electron chi connectivity index (χ1n) is 12.7. The smallest absolute Gasteiger partial charge is 0.271 e. The van der Waals surface area contributed by atoms with E-state index in [0.717, 1.165) is 28.3 Å². The van der Waals surface area contributed by atoms with Gasteiger partial charge in [-0.25, -0.2) is 5.43 Å². The maximum Gasteiger partial charge on any atom is 0.271 e. The average molecular weight is 525 g/mol. The molecule has 3 aromatic carbocycles. The molecular weight excluding hydrogens is 492 g/mol. The molecule has 1 aromatic heterocycles. The highest BCUT2D eigenvalue weighted by atomic mass is 16.5. The largest absolute Gasteiger partial charge is 0.490 e. The van der Waals surface area contributed by atoms with Crippen LogP contribution in [0.5, 0.6) is 11.5 Å². The van der Waals surface area contributed by atoms with Gasteiger partial charge in [0.15, 0.2) is 18.1 Å². The van der Waals surface area contributed by atoms with Gasteiger partial charge in [0.1, 0.15) is 0 Å². The van der Waals surface area contributed by atoms with Gasteiger partial charge < -0.3 is 19.4 Å². The number of hydrogen-bond acceptors (Lipinski definition) is 5. The number of anilines is 1. The van der Waals surface area contributed by atoms with Crippen molar-refractivity contribution in [3.05, 3.63) is 107 Å². The van der Waals surface area contributed by atoms with Crippen molar-refractivity contribution in [1.29, 1.82) is 0 Å². The third kappa shape index (κ3) is 6.93. The Kier molecular flexibility index (Phi) is 8.78. The van der Waals surface area contributed by atoms with Crippen LogP contribution in [-0.2, 0) is 4.79 Å². The normalized spacial score (nSPS) is 10.9. The summed E-state index contributed by atoms with van der Waals surface area (Å²) in [5.74, 6) is 0.318. The third-order valence-electron chi connectivity index (χ3n) is 6.06. The number of benzene rings is 3. The van der Waals surface area contributed by atoms with Gasteiger partial charge in [-0.1, -0.05) is 24.3 Å². The van der Waals surface area contributed by atoms with Crippen LogP contribution in [0.1, 0.15) is 39.8 Å². The van der Waals surface area contributed by atoms with Gasteiger partial charge >= 0.3 is 0 Å². The van der Waals surface area contributed by atoms with Gasteiger partial charge in [-0.2, -0.15) is 5.10 Å². The van der Waals surface area contributed by atoms with Gasteiger partial charge in [-0.05, 0) is 93.4 Å². The lowest BCUT2D eigenvalue weighted by molar-refractivity contribution is -0.118. The van der Waals surface area contributed by atoms with Crippen LogP contribution in [-0.4, -0.2) is 35.8 Å². The van der Waals surface area contributed by atoms with Crippen molar-refractivity contribution in [2.24, 2.45) is 5.10 Å². The second-order valence-corrected chi connectivity index (χ2v) is 8.99. The summed E-state index contributed by atoms with van der Waals surface area (Å²) >= 11 is 0. The van der Waals surface area contributed by atoms with Gasteiger partial charge in [0.2, 0.25) is 0 Å². The molecule has 0 aliphatic heterocycles. The molecule has 0 fully saturated rings. The van der Waals surface area contributed by atoms with Crippen LogP contribution in [0.3, 0.4) is 0 Å². The highest BCUT2D eigenvalue weighted by Gasteiger charge is 2.11. The number of nitrogens with zero attached hydrogens (tertiary/aromatic N) is 2. The van der Waals surface area contributed by atoms with E-state index in [-0.39, 0.29) is 18.4 Å². The third-order valence-corrected chi connectivity index (χ3v) is 6.06. The predicted molar refractivity (Wildman–Crippen MR) is 153 cm³/mol. The van der Waals surface area contributed by atoms with E-state index in [1.54, 1.807) is 24.3 Å². The number of rotatable bonds is 10. The minimum atomic E-state index is -0.319. The maximum absolute atomic E-state index is 12.7. The summed E-state index contributed by atoms with van der Waals surface area (Å²) in [6.45, 7) is 8.09. The fourth-order valence-corrected chi connectivity index (χ4v) is 4.13. The predicted octanol–water partition coefficient (Wildman–Crippen LogP) is 5.58. The molecule has 0 aliphatic rings. The van der Waals surface area contributed by atoms with Crippen molar-refractivity contribution >= 4 is 23.7 Å². The van der Waals surface area contributed by atoms with Gasteiger partial charge in [0.05, 0.1) is 12.8 Å². The molecule has 8 nitrogen and oxygen atoms in total. The van der Waals surface area contributed by atoms with Crippen molar-refractivity contribution in [1.82, 2.24) is 9.99 Å². The van der Waals surface area contributed by atoms with E-state index in [1.165, 1.54) is 6.21 Å². The first kappa shape index (κ1) is 27.2. The van der Waals surface area contributed by atoms with Crippen LogP contribution < -0.4 is 20.2 Å². The van der Waals surface area contributed by atoms with Crippen molar-refractivity contribution in [2.75, 3.05) is 18.5 Å². The van der Waals surface area contributed by atoms with Gasteiger partial charge in [-0.15, -0.1) is 0 Å². The van der Waals surface area contributed by atoms with E-state index in [2.05, 4.69) is 20.4 Å². The SMILES string of the molecule is CCOc1cc(/C=N\NC(=O)c2cccc(-n3c(C)ccc3C)c2)ccc1OCC(=O)Nc1ccccc1C. The Morgan fingerprint density at radius 2 is 1.64 bits per heavy atom. The Hall–Kier alpha value is -4.85. The van der Waals surface area contributed by atoms with Crippen LogP contribution in [0.2, 0.25) is 0 Å². The molecule has 4 rings (SSSR count). The molecule has 0 unspecified atom stereocenters. The molecule has 1 heterocycles. The summed E-state index contributed by atoms with van der Waals surface area (Å²) in [6, 6.07) is 24.2. The molecule has 39 heavy (non-hydrogen) atoms. The maximum atomic E-state index is 12.7. The first-order chi connectivity index (χ1) is 18.9. The van der Waals surface area contributed by atoms with Crippen molar-refractivity contribution < 1.29 is 19.1 Å². The minimum Gasteiger partial charge on any atom is -0.490 e. The van der Waals surface area contributed by atoms with Gasteiger partial charge in [0.25, 0.3) is 11.8 Å². The van der Waals surface area contributed by atoms with Crippen molar-refractivity contribution in [3.8, 4) is 17.2 Å². The average Bonchev–Trinajstić information content (AvgIpc) is 3.27. The zero-order valence-electron chi connectivity index (χ0n) is 22.5. The minimum absolute atomic E-state index is 0.168. The van der Waals surface area contributed by atoms with Crippen LogP contribution >= 0.6 is 0 Å². The van der Waals surface area contributed by atoms with E-state index in [0.29, 0.717) is 29.2 Å². The van der Waals surface area contributed by atoms with Crippen molar-refractivity contribution in [3.63, 3.8) is 0 Å². The van der Waals surface area contributed by atoms with Crippen LogP contribution in [0.15, 0.2) is 84.0 Å². The monoisotopic (exact) mass is 524 g/mol. The molecule has 0 saturated carbocycles. The number of hydrazone groups is 1. The molecule has 4 aromatic rings. The molecule has 0 spiro atoms. The van der Waals surface area contributed by atoms with E-state index in [4.69, 9.17) is 9.47 Å². The van der Waals surface area contributed by atoms with E-state index in [1.807, 2.05) is 82.3 Å². The number of carbonyl (C=O) groups excluding carboxylic acids is 2. The van der Waals surface area contributed by atoms with Crippen LogP contribution in [0.4, 0.5) is 5.69 Å². The zero-order valence-corrected chi connectivity index (χ0v) is 22.5. The van der Waals surface area contributed by atoms with Crippen molar-refractivity contribution in [2.45, 2.75) is 27.7 Å². The molecule has 0 bridgehead atoms. The molecule has 2 N–H and O–H groups in total. The standard InChI is InChI=1S/C31H32N4O4/c1-5-38-29-17-24(15-16-28(29)39-20-30(36)33-27-12-7-6-9-21(27)2)19-32-34-31(37)25-10-8-11-26(18-25)35-22(3)13-14-23(35)4/h6-19H,5,20H2,1-4H3,(H,33,36)(H,34,37)/b32-19-. The number of aromatic nitrogens is 1. The molecule has 0 atom stereocenters. The number of para-hydroxylation sites is 1. The second-order valence-electron chi connectivity index (χ2n) is 8.99. The lowest BCUT2D eigenvalue weighted by Crippen LogP contribution is -2.20. The van der Waals surface area contributed by atoms with Crippen LogP contribution in [0.25, 0.3) is 5.69 Å². The quantitative estimate of drug-likeness (QED) is 0.209. The van der Waals surface area contributed by atoms with E-state index >= 15 is 0 Å². The molecule has 200 valence electrons. The number of nitrogens with one attached hydrogen (secondary N) is 2. The summed E-state index contributed by atoms with van der Waals surface area (Å²) in [5.41, 5.74) is 8.58. The number of carbonyl (C=O) groups is 2. The molecule has 8 heteroatoms. The summed E-state index contributed by atoms with van der Waals surface area (Å²) in [4.78, 5) is 25.1. The Balaban J connectivity index is 1.38. The lowest BCUT2D eigenvalue weighted by atomic mass is 10.2. The number of amides is 2. The Bertz CT molecular complexity index is 1490. The summed E-state index contributed by atoms with van der Waals surface area (Å²) < 4.78 is 13.5. The molecule has 0 saturated heterocycles. The lowest BCUT2D eigenvalue weighted by Gasteiger charge is -2.13. The topological polar surface area (TPSA) is 93.9 Å². The summed E-state index contributed by atoms with van der Waals surface area (Å²) in [5, 5.41) is 6.96. The Morgan fingerprint density at radius 1 is 0.872 bits per heavy atom. The fourth-order valence-electron chi connectivity index (χ4n) is 4.13. The number of ether oxygens (including phenoxy) is 2. The van der Waals surface area contributed by atoms with E-state index in [9.17, 15) is 9.59 Å². The number of aryl methyl sites for hydroxylation is 3. The van der Waals surface area contributed by atoms with E-state index < -0.39 is 0 Å². The Labute approximate surface area is 228 Å². The van der Waals surface area contributed by atoms with Gasteiger partial charge in [-0.3, -0.25) is 9.59 Å². The zero-order chi connectivity index (χ0) is 27.8. The fraction of sp³-hybridized carbons (Fsp3) is 0.194. The molecule has 0 aliphatic carbocycles. The molecule has 0 radical (unpaired) electrons. The second kappa shape index (κ2) is 12.6. The Morgan fingerprint density at radius 3 is 2.38 bits per heavy atom. The highest BCUT2D eigenvalue weighted by molar-refractivity contribution is 5.95. The summed E-state index contributed by atoms with van der Waals surface area (Å²) in [7, 11) is 0. The van der Waals surface area contributed by atoms with Gasteiger partial charge in [0, 0.05) is 28.3 Å². The number of hydrogen-bond donors (Lipinski definition) is 2. The highest BCUT2D eigenvalue weighted by Crippen LogP contribution is 2.28. The summed E-state index contributed by atoms with van der Waals surface area (Å²) in [6.07, 6.45) is 1.53. The molecular formula is C31H32N4O4. The molecule has 2 amide bonds.